The lowest BCUT2D eigenvalue weighted by Crippen LogP contribution is -2.47. The molecule has 0 bridgehead atoms. The molecule has 0 saturated carbocycles. The minimum atomic E-state index is -4.67. The van der Waals surface area contributed by atoms with Gasteiger partial charge in [0.15, 0.2) is 0 Å². The number of amides is 1. The Morgan fingerprint density at radius 2 is 1.83 bits per heavy atom. The number of anilines is 1. The van der Waals surface area contributed by atoms with Crippen LogP contribution < -0.4 is 19.1 Å². The molecule has 332 valence electrons. The maximum Gasteiger partial charge on any atom is 0.277 e. The molecule has 8 rings (SSSR count). The highest BCUT2D eigenvalue weighted by molar-refractivity contribution is 7.92. The van der Waals surface area contributed by atoms with Gasteiger partial charge in [0.2, 0.25) is 0 Å². The molecule has 4 heterocycles. The molecular formula is C45H50ClN7O8S2. The lowest BCUT2D eigenvalue weighted by atomic mass is 9.72. The smallest absolute Gasteiger partial charge is 0.277 e. The maximum absolute atomic E-state index is 14.0. The fourth-order valence-electron chi connectivity index (χ4n) is 8.43. The Hall–Kier alpha value is -5.49. The van der Waals surface area contributed by atoms with Crippen molar-refractivity contribution in [2.75, 3.05) is 63.3 Å². The summed E-state index contributed by atoms with van der Waals surface area (Å²) in [6.45, 7) is 8.79. The molecule has 1 amide bonds. The largest absolute Gasteiger partial charge is 0.493 e. The Labute approximate surface area is 372 Å². The number of nitrogens with zero attached hydrogens (tertiary/aromatic N) is 5. The molecule has 1 saturated heterocycles. The number of fused-ring (bicyclic) bond motifs is 2. The molecule has 3 aliphatic rings. The second-order valence-corrected chi connectivity index (χ2v) is 22.3. The van der Waals surface area contributed by atoms with E-state index in [0.29, 0.717) is 24.5 Å². The molecule has 15 nitrogen and oxygen atoms in total. The Morgan fingerprint density at radius 3 is 2.56 bits per heavy atom. The van der Waals surface area contributed by atoms with Crippen LogP contribution in [-0.4, -0.2) is 96.7 Å². The van der Waals surface area contributed by atoms with E-state index in [2.05, 4.69) is 54.8 Å². The number of benzene rings is 3. The van der Waals surface area contributed by atoms with Gasteiger partial charge in [-0.05, 0) is 78.6 Å². The number of rotatable bonds is 12. The fourth-order valence-corrected chi connectivity index (χ4v) is 10.1. The third-order valence-corrected chi connectivity index (χ3v) is 14.2. The molecule has 1 fully saturated rings. The van der Waals surface area contributed by atoms with E-state index in [-0.39, 0.29) is 53.5 Å². The van der Waals surface area contributed by atoms with Crippen LogP contribution in [0.1, 0.15) is 54.6 Å². The summed E-state index contributed by atoms with van der Waals surface area (Å²) in [5.41, 5.74) is 5.38. The maximum atomic E-state index is 14.0. The van der Waals surface area contributed by atoms with Crippen LogP contribution in [0.2, 0.25) is 5.02 Å². The first-order valence-electron chi connectivity index (χ1n) is 20.7. The lowest BCUT2D eigenvalue weighted by molar-refractivity contribution is -0.386. The summed E-state index contributed by atoms with van der Waals surface area (Å²) in [5, 5.41) is 13.7. The van der Waals surface area contributed by atoms with Gasteiger partial charge in [-0.25, -0.2) is 22.5 Å². The van der Waals surface area contributed by atoms with E-state index in [4.69, 9.17) is 21.1 Å². The van der Waals surface area contributed by atoms with Crippen LogP contribution in [0, 0.1) is 21.4 Å². The second-order valence-electron chi connectivity index (χ2n) is 17.5. The number of aromatic amines is 1. The monoisotopic (exact) mass is 915 g/mol. The van der Waals surface area contributed by atoms with Gasteiger partial charge in [-0.3, -0.25) is 24.0 Å². The van der Waals surface area contributed by atoms with E-state index < -0.39 is 41.2 Å². The molecule has 0 unspecified atom stereocenters. The quantitative estimate of drug-likeness (QED) is 0.0909. The Morgan fingerprint density at radius 1 is 1.06 bits per heavy atom. The number of hydrogen-bond acceptors (Lipinski definition) is 12. The van der Waals surface area contributed by atoms with Gasteiger partial charge in [0.1, 0.15) is 22.9 Å². The van der Waals surface area contributed by atoms with Crippen molar-refractivity contribution in [3.63, 3.8) is 0 Å². The summed E-state index contributed by atoms with van der Waals surface area (Å²) < 4.78 is 58.2. The predicted octanol–water partition coefficient (Wildman–Crippen LogP) is 8.10. The van der Waals surface area contributed by atoms with Gasteiger partial charge in [0.25, 0.3) is 21.6 Å². The summed E-state index contributed by atoms with van der Waals surface area (Å²) in [5.74, 6) is -0.845. The van der Waals surface area contributed by atoms with Gasteiger partial charge in [0, 0.05) is 101 Å². The van der Waals surface area contributed by atoms with Crippen LogP contribution in [-0.2, 0) is 26.2 Å². The number of nitrogens with one attached hydrogen (secondary N) is 2. The van der Waals surface area contributed by atoms with Gasteiger partial charge >= 0.3 is 0 Å². The molecular weight excluding hydrogens is 866 g/mol. The summed E-state index contributed by atoms with van der Waals surface area (Å²) in [6.07, 6.45) is 9.59. The highest BCUT2D eigenvalue weighted by atomic mass is 35.5. The minimum absolute atomic E-state index is 0.0181. The average Bonchev–Trinajstić information content (AvgIpc) is 3.71. The number of aromatic nitrogens is 2. The van der Waals surface area contributed by atoms with Crippen molar-refractivity contribution in [3.05, 3.63) is 117 Å². The molecule has 18 heteroatoms. The van der Waals surface area contributed by atoms with Crippen molar-refractivity contribution in [1.82, 2.24) is 19.6 Å². The summed E-state index contributed by atoms with van der Waals surface area (Å²) in [4.78, 5) is 37.2. The Bertz CT molecular complexity index is 2860. The molecule has 2 aliphatic heterocycles. The zero-order valence-electron chi connectivity index (χ0n) is 35.6. The lowest BCUT2D eigenvalue weighted by Gasteiger charge is -2.39. The van der Waals surface area contributed by atoms with Crippen molar-refractivity contribution in [1.29, 1.82) is 0 Å². The van der Waals surface area contributed by atoms with Crippen LogP contribution in [0.25, 0.3) is 16.6 Å². The van der Waals surface area contributed by atoms with Crippen LogP contribution in [0.15, 0.2) is 94.0 Å². The standard InChI is InChI=1S/C45H50ClN7O8S2/c1-45(2)13-11-32(39(24-45)30-5-7-33(46)8-6-30)27-51-15-17-52(18-16-51)34-9-10-37(42(21-34)61-35-20-31-12-14-47-43(31)48-26-35)44(54)50-63(58,59)36-22-40(53(55)56)38-19-29(25-49-62(3,4)57)28-60-41(38)23-36/h5-10,12,14,20-23,26,29H,11,13,15-19,24-25,27-28H2,1-4H3,(H,47,48)(H,50,54)/t29-/m1/s1. The minimum Gasteiger partial charge on any atom is -0.493 e. The zero-order chi connectivity index (χ0) is 44.7. The number of piperazine rings is 1. The van der Waals surface area contributed by atoms with Gasteiger partial charge in [-0.15, -0.1) is 0 Å². The number of nitro groups is 1. The van der Waals surface area contributed by atoms with Crippen LogP contribution in [0.5, 0.6) is 17.2 Å². The first-order valence-corrected chi connectivity index (χ1v) is 24.9. The predicted molar refractivity (Wildman–Crippen MR) is 245 cm³/mol. The van der Waals surface area contributed by atoms with E-state index in [9.17, 15) is 27.5 Å². The number of allylic oxidation sites excluding steroid dienone is 1. The molecule has 1 atom stereocenters. The number of carbonyl (C=O) groups is 1. The Balaban J connectivity index is 1.03. The second kappa shape index (κ2) is 17.6. The third-order valence-electron chi connectivity index (χ3n) is 11.8. The number of carbonyl (C=O) groups excluding carboxylic acids is 1. The summed E-state index contributed by atoms with van der Waals surface area (Å²) >= 11 is 6.24. The van der Waals surface area contributed by atoms with Crippen molar-refractivity contribution >= 4 is 65.2 Å². The third kappa shape index (κ3) is 10.3. The first kappa shape index (κ1) is 44.1. The van der Waals surface area contributed by atoms with Gasteiger partial charge < -0.3 is 19.4 Å². The van der Waals surface area contributed by atoms with E-state index >= 15 is 0 Å². The number of sulfonamides is 1. The van der Waals surface area contributed by atoms with Crippen LogP contribution in [0.4, 0.5) is 11.4 Å². The molecule has 0 radical (unpaired) electrons. The molecule has 5 aromatic rings. The topological polar surface area (TPSA) is 189 Å². The fraction of sp³-hybridized carbons (Fsp3) is 0.378. The SMILES string of the molecule is CC1(C)CCC(CN2CCN(c3ccc(C(=O)NS(=O)(=O)c4cc5c(c([N+](=O)[O-])c4)C[C@H](CN=S(C)(C)=O)CO5)c(Oc4cnc5[nH]ccc5c4)c3)CC2)=C(c2ccc(Cl)cc2)C1. The van der Waals surface area contributed by atoms with Crippen molar-refractivity contribution in [2.45, 2.75) is 44.4 Å². The number of ether oxygens (including phenoxy) is 2. The zero-order valence-corrected chi connectivity index (χ0v) is 37.9. The normalized spacial score (nSPS) is 18.1. The molecule has 2 aromatic heterocycles. The van der Waals surface area contributed by atoms with E-state index in [1.165, 1.54) is 47.6 Å². The molecule has 2 N–H and O–H groups in total. The van der Waals surface area contributed by atoms with Gasteiger partial charge in [-0.1, -0.05) is 43.2 Å². The van der Waals surface area contributed by atoms with E-state index in [1.54, 1.807) is 24.4 Å². The van der Waals surface area contributed by atoms with Gasteiger partial charge in [0.05, 0.1) is 40.3 Å². The molecule has 3 aromatic carbocycles. The summed E-state index contributed by atoms with van der Waals surface area (Å²) in [7, 11) is -7.07. The van der Waals surface area contributed by atoms with Gasteiger partial charge in [-0.2, -0.15) is 0 Å². The van der Waals surface area contributed by atoms with E-state index in [0.717, 1.165) is 61.1 Å². The van der Waals surface area contributed by atoms with Crippen LogP contribution in [0.3, 0.4) is 0 Å². The highest BCUT2D eigenvalue weighted by Gasteiger charge is 2.33. The number of H-pyrrole nitrogens is 1. The summed E-state index contributed by atoms with van der Waals surface area (Å²) in [6, 6.07) is 18.8. The molecule has 1 aliphatic carbocycles. The highest BCUT2D eigenvalue weighted by Crippen LogP contribution is 2.44. The number of nitro benzene ring substituents is 1. The van der Waals surface area contributed by atoms with Crippen molar-refractivity contribution in [3.8, 4) is 17.2 Å². The number of hydrogen-bond donors (Lipinski definition) is 2. The Kier molecular flexibility index (Phi) is 12.3. The number of pyridine rings is 1. The molecule has 0 spiro atoms. The van der Waals surface area contributed by atoms with Crippen molar-refractivity contribution in [2.24, 2.45) is 15.7 Å². The first-order chi connectivity index (χ1) is 29.9. The van der Waals surface area contributed by atoms with Crippen molar-refractivity contribution < 1.29 is 31.8 Å². The van der Waals surface area contributed by atoms with E-state index in [1.807, 2.05) is 18.2 Å². The van der Waals surface area contributed by atoms with Crippen LogP contribution >= 0.6 is 11.6 Å². The number of halogens is 1. The molecule has 63 heavy (non-hydrogen) atoms. The average molecular weight is 917 g/mol.